The molecule has 146 valence electrons. The lowest BCUT2D eigenvalue weighted by Crippen LogP contribution is -2.43. The first-order valence-electron chi connectivity index (χ1n) is 9.39. The number of halogens is 1. The van der Waals surface area contributed by atoms with E-state index in [9.17, 15) is 4.79 Å². The number of hydrogen-bond acceptors (Lipinski definition) is 3. The van der Waals surface area contributed by atoms with Crippen LogP contribution < -0.4 is 10.1 Å². The molecule has 27 heavy (non-hydrogen) atoms. The van der Waals surface area contributed by atoms with Gasteiger partial charge in [0, 0.05) is 30.7 Å². The Morgan fingerprint density at radius 1 is 1.00 bits per heavy atom. The number of rotatable bonds is 9. The Morgan fingerprint density at radius 3 is 2.19 bits per heavy atom. The molecule has 0 aliphatic heterocycles. The maximum absolute atomic E-state index is 12.9. The second-order valence-electron chi connectivity index (χ2n) is 7.06. The third-order valence-corrected chi connectivity index (χ3v) is 4.73. The zero-order valence-electron chi connectivity index (χ0n) is 16.5. The Morgan fingerprint density at radius 2 is 1.59 bits per heavy atom. The molecule has 1 atom stereocenters. The minimum Gasteiger partial charge on any atom is -0.474 e. The lowest BCUT2D eigenvalue weighted by molar-refractivity contribution is -0.128. The van der Waals surface area contributed by atoms with Crippen LogP contribution in [0.3, 0.4) is 0 Å². The van der Waals surface area contributed by atoms with Crippen molar-refractivity contribution in [2.75, 3.05) is 13.1 Å². The summed E-state index contributed by atoms with van der Waals surface area (Å²) in [7, 11) is 0. The van der Waals surface area contributed by atoms with E-state index < -0.39 is 6.10 Å². The molecule has 0 saturated heterocycles. The summed E-state index contributed by atoms with van der Waals surface area (Å²) in [6, 6.07) is 17.5. The monoisotopic (exact) mass is 388 g/mol. The molecule has 0 aromatic heterocycles. The SMILES string of the molecule is CC(C)N(CCNC(=O)C(Oc1ccccc1Cl)c1ccccc1)C(C)C. The number of nitrogens with one attached hydrogen (secondary N) is 1. The van der Waals surface area contributed by atoms with E-state index in [2.05, 4.69) is 37.9 Å². The van der Waals surface area contributed by atoms with Gasteiger partial charge in [-0.1, -0.05) is 54.1 Å². The predicted octanol–water partition coefficient (Wildman–Crippen LogP) is 4.70. The Balaban J connectivity index is 2.09. The van der Waals surface area contributed by atoms with E-state index in [0.29, 0.717) is 29.4 Å². The summed E-state index contributed by atoms with van der Waals surface area (Å²) in [5.41, 5.74) is 0.791. The van der Waals surface area contributed by atoms with Crippen LogP contribution in [0.15, 0.2) is 54.6 Å². The second-order valence-corrected chi connectivity index (χ2v) is 7.46. The average Bonchev–Trinajstić information content (AvgIpc) is 2.64. The fraction of sp³-hybridized carbons (Fsp3) is 0.409. The molecule has 0 aliphatic carbocycles. The number of ether oxygens (including phenoxy) is 1. The van der Waals surface area contributed by atoms with Gasteiger partial charge in [0.15, 0.2) is 0 Å². The highest BCUT2D eigenvalue weighted by Crippen LogP contribution is 2.28. The Bertz CT molecular complexity index is 711. The number of benzene rings is 2. The maximum Gasteiger partial charge on any atom is 0.265 e. The quantitative estimate of drug-likeness (QED) is 0.677. The summed E-state index contributed by atoms with van der Waals surface area (Å²) in [5, 5.41) is 3.50. The Hall–Kier alpha value is -2.04. The van der Waals surface area contributed by atoms with Gasteiger partial charge >= 0.3 is 0 Å². The van der Waals surface area contributed by atoms with Crippen LogP contribution in [0.1, 0.15) is 39.4 Å². The summed E-state index contributed by atoms with van der Waals surface area (Å²) >= 11 is 6.21. The van der Waals surface area contributed by atoms with Crippen molar-refractivity contribution in [2.45, 2.75) is 45.9 Å². The van der Waals surface area contributed by atoms with Gasteiger partial charge in [-0.05, 0) is 39.8 Å². The summed E-state index contributed by atoms with van der Waals surface area (Å²) in [4.78, 5) is 15.2. The normalized spacial score (nSPS) is 12.4. The van der Waals surface area contributed by atoms with Gasteiger partial charge in [0.2, 0.25) is 6.10 Å². The molecular weight excluding hydrogens is 360 g/mol. The summed E-state index contributed by atoms with van der Waals surface area (Å²) in [6.45, 7) is 9.99. The van der Waals surface area contributed by atoms with Gasteiger partial charge in [-0.3, -0.25) is 9.69 Å². The first kappa shape index (κ1) is 21.3. The van der Waals surface area contributed by atoms with Crippen molar-refractivity contribution in [1.29, 1.82) is 0 Å². The number of nitrogens with zero attached hydrogens (tertiary/aromatic N) is 1. The maximum atomic E-state index is 12.9. The average molecular weight is 389 g/mol. The Kier molecular flexibility index (Phi) is 8.14. The third-order valence-electron chi connectivity index (χ3n) is 4.42. The minimum atomic E-state index is -0.752. The number of carbonyl (C=O) groups is 1. The van der Waals surface area contributed by atoms with Crippen LogP contribution in [-0.2, 0) is 4.79 Å². The lowest BCUT2D eigenvalue weighted by atomic mass is 10.1. The zero-order valence-corrected chi connectivity index (χ0v) is 17.2. The topological polar surface area (TPSA) is 41.6 Å². The molecule has 0 heterocycles. The van der Waals surface area contributed by atoms with Crippen LogP contribution in [0.2, 0.25) is 5.02 Å². The summed E-state index contributed by atoms with van der Waals surface area (Å²) < 4.78 is 5.99. The van der Waals surface area contributed by atoms with Crippen molar-refractivity contribution in [3.63, 3.8) is 0 Å². The van der Waals surface area contributed by atoms with Crippen LogP contribution in [-0.4, -0.2) is 36.0 Å². The number of para-hydroxylation sites is 1. The van der Waals surface area contributed by atoms with Crippen molar-refractivity contribution in [2.24, 2.45) is 0 Å². The van der Waals surface area contributed by atoms with Crippen LogP contribution in [0.4, 0.5) is 0 Å². The fourth-order valence-corrected chi connectivity index (χ4v) is 3.26. The molecule has 1 unspecified atom stereocenters. The smallest absolute Gasteiger partial charge is 0.265 e. The molecular formula is C22H29ClN2O2. The fourth-order valence-electron chi connectivity index (χ4n) is 3.08. The van der Waals surface area contributed by atoms with E-state index >= 15 is 0 Å². The highest BCUT2D eigenvalue weighted by atomic mass is 35.5. The number of amides is 1. The molecule has 2 rings (SSSR count). The number of carbonyl (C=O) groups excluding carboxylic acids is 1. The van der Waals surface area contributed by atoms with Gasteiger partial charge < -0.3 is 10.1 Å². The van der Waals surface area contributed by atoms with E-state index in [1.54, 1.807) is 12.1 Å². The van der Waals surface area contributed by atoms with Gasteiger partial charge in [0.1, 0.15) is 5.75 Å². The third kappa shape index (κ3) is 6.26. The van der Waals surface area contributed by atoms with Crippen LogP contribution >= 0.6 is 11.6 Å². The molecule has 0 radical (unpaired) electrons. The van der Waals surface area contributed by atoms with Gasteiger partial charge in [-0.25, -0.2) is 0 Å². The standard InChI is InChI=1S/C22H29ClN2O2/c1-16(2)25(17(3)4)15-14-24-22(26)21(18-10-6-5-7-11-18)27-20-13-9-8-12-19(20)23/h5-13,16-17,21H,14-15H2,1-4H3,(H,24,26). The summed E-state index contributed by atoms with van der Waals surface area (Å²) in [6.07, 6.45) is -0.752. The first-order chi connectivity index (χ1) is 12.9. The molecule has 0 spiro atoms. The molecule has 0 aliphatic rings. The largest absolute Gasteiger partial charge is 0.474 e. The van der Waals surface area contributed by atoms with Gasteiger partial charge in [0.25, 0.3) is 5.91 Å². The molecule has 2 aromatic carbocycles. The summed E-state index contributed by atoms with van der Waals surface area (Å²) in [5.74, 6) is 0.322. The van der Waals surface area contributed by atoms with Gasteiger partial charge in [0.05, 0.1) is 5.02 Å². The van der Waals surface area contributed by atoms with Crippen LogP contribution in [0.5, 0.6) is 5.75 Å². The van der Waals surface area contributed by atoms with Crippen molar-refractivity contribution < 1.29 is 9.53 Å². The van der Waals surface area contributed by atoms with E-state index in [1.165, 1.54) is 0 Å². The van der Waals surface area contributed by atoms with Crippen molar-refractivity contribution in [3.05, 3.63) is 65.2 Å². The van der Waals surface area contributed by atoms with Crippen LogP contribution in [0, 0.1) is 0 Å². The highest BCUT2D eigenvalue weighted by Gasteiger charge is 2.23. The minimum absolute atomic E-state index is 0.173. The highest BCUT2D eigenvalue weighted by molar-refractivity contribution is 6.32. The molecule has 0 bridgehead atoms. The molecule has 1 N–H and O–H groups in total. The van der Waals surface area contributed by atoms with E-state index in [-0.39, 0.29) is 5.91 Å². The first-order valence-corrected chi connectivity index (χ1v) is 9.77. The number of hydrogen-bond donors (Lipinski definition) is 1. The van der Waals surface area contributed by atoms with Crippen molar-refractivity contribution >= 4 is 17.5 Å². The molecule has 0 fully saturated rings. The predicted molar refractivity (Wildman–Crippen MR) is 111 cm³/mol. The van der Waals surface area contributed by atoms with Gasteiger partial charge in [-0.2, -0.15) is 0 Å². The molecule has 1 amide bonds. The molecule has 5 heteroatoms. The van der Waals surface area contributed by atoms with E-state index in [4.69, 9.17) is 16.3 Å². The van der Waals surface area contributed by atoms with E-state index in [1.807, 2.05) is 42.5 Å². The molecule has 4 nitrogen and oxygen atoms in total. The molecule has 0 saturated carbocycles. The van der Waals surface area contributed by atoms with Crippen LogP contribution in [0.25, 0.3) is 0 Å². The second kappa shape index (κ2) is 10.3. The van der Waals surface area contributed by atoms with E-state index in [0.717, 1.165) is 12.1 Å². The Labute approximate surface area is 167 Å². The van der Waals surface area contributed by atoms with Crippen molar-refractivity contribution in [1.82, 2.24) is 10.2 Å². The van der Waals surface area contributed by atoms with Gasteiger partial charge in [-0.15, -0.1) is 0 Å². The molecule has 2 aromatic rings. The van der Waals surface area contributed by atoms with Crippen molar-refractivity contribution in [3.8, 4) is 5.75 Å². The zero-order chi connectivity index (χ0) is 19.8. The lowest BCUT2D eigenvalue weighted by Gasteiger charge is -2.30.